The Morgan fingerprint density at radius 2 is 1.65 bits per heavy atom. The van der Waals surface area contributed by atoms with E-state index in [1.54, 1.807) is 30.6 Å². The van der Waals surface area contributed by atoms with Crippen molar-refractivity contribution < 1.29 is 4.79 Å². The van der Waals surface area contributed by atoms with Gasteiger partial charge in [0.15, 0.2) is 5.78 Å². The number of rotatable bonds is 3. The van der Waals surface area contributed by atoms with Gasteiger partial charge in [-0.1, -0.05) is 23.2 Å². The number of halogens is 2. The molecular formula is C20H17Cl2N3O. The Balaban J connectivity index is 1.50. The lowest BCUT2D eigenvalue weighted by Gasteiger charge is -2.32. The molecular weight excluding hydrogens is 369 g/mol. The fourth-order valence-corrected chi connectivity index (χ4v) is 3.76. The van der Waals surface area contributed by atoms with E-state index in [9.17, 15) is 4.79 Å². The van der Waals surface area contributed by atoms with Crippen LogP contribution in [0.5, 0.6) is 0 Å². The quantitative estimate of drug-likeness (QED) is 0.592. The molecule has 1 aliphatic heterocycles. The van der Waals surface area contributed by atoms with Crippen LogP contribution in [0.3, 0.4) is 0 Å². The average molecular weight is 386 g/mol. The van der Waals surface area contributed by atoms with Gasteiger partial charge in [-0.15, -0.1) is 0 Å². The van der Waals surface area contributed by atoms with Crippen LogP contribution in [-0.2, 0) is 0 Å². The third-order valence-corrected chi connectivity index (χ3v) is 5.36. The molecule has 1 saturated heterocycles. The number of fused-ring (bicyclic) bond motifs is 1. The molecule has 0 atom stereocenters. The maximum atomic E-state index is 12.7. The second-order valence-corrected chi connectivity index (χ2v) is 7.36. The van der Waals surface area contributed by atoms with E-state index < -0.39 is 0 Å². The zero-order valence-corrected chi connectivity index (χ0v) is 15.5. The van der Waals surface area contributed by atoms with E-state index in [1.165, 1.54) is 0 Å². The molecule has 2 aromatic carbocycles. The van der Waals surface area contributed by atoms with Gasteiger partial charge >= 0.3 is 0 Å². The van der Waals surface area contributed by atoms with Gasteiger partial charge in [-0.25, -0.2) is 9.97 Å². The maximum absolute atomic E-state index is 12.7. The number of piperidine rings is 1. The van der Waals surface area contributed by atoms with E-state index in [0.29, 0.717) is 10.0 Å². The molecule has 1 aliphatic rings. The summed E-state index contributed by atoms with van der Waals surface area (Å²) in [5.41, 5.74) is 1.57. The molecule has 26 heavy (non-hydrogen) atoms. The molecule has 0 amide bonds. The fraction of sp³-hybridized carbons (Fsp3) is 0.250. The molecule has 0 spiro atoms. The molecule has 4 nitrogen and oxygen atoms in total. The molecule has 4 rings (SSSR count). The number of Topliss-reactive ketones (excluding diaryl/α,β-unsaturated/α-hetero) is 1. The van der Waals surface area contributed by atoms with Crippen molar-refractivity contribution in [3.05, 3.63) is 64.4 Å². The molecule has 2 heterocycles. The molecule has 0 N–H and O–H groups in total. The van der Waals surface area contributed by atoms with Crippen molar-refractivity contribution in [2.24, 2.45) is 5.92 Å². The normalized spacial score (nSPS) is 15.4. The Kier molecular flexibility index (Phi) is 4.79. The van der Waals surface area contributed by atoms with Crippen LogP contribution in [0.2, 0.25) is 10.0 Å². The summed E-state index contributed by atoms with van der Waals surface area (Å²) in [5, 5.41) is 2.29. The van der Waals surface area contributed by atoms with Gasteiger partial charge in [-0.3, -0.25) is 4.79 Å². The minimum atomic E-state index is 0.0370. The second-order valence-electron chi connectivity index (χ2n) is 6.49. The van der Waals surface area contributed by atoms with E-state index in [2.05, 4.69) is 14.9 Å². The van der Waals surface area contributed by atoms with Crippen LogP contribution in [0.1, 0.15) is 23.2 Å². The molecule has 6 heteroatoms. The summed E-state index contributed by atoms with van der Waals surface area (Å²) in [7, 11) is 0. The minimum Gasteiger partial charge on any atom is -0.356 e. The van der Waals surface area contributed by atoms with Gasteiger partial charge in [0.1, 0.15) is 12.1 Å². The van der Waals surface area contributed by atoms with Gasteiger partial charge < -0.3 is 4.90 Å². The minimum absolute atomic E-state index is 0.0370. The molecule has 3 aromatic rings. The molecule has 0 aliphatic carbocycles. The van der Waals surface area contributed by atoms with Crippen LogP contribution in [0.25, 0.3) is 10.9 Å². The van der Waals surface area contributed by atoms with Crippen molar-refractivity contribution in [2.45, 2.75) is 12.8 Å². The first kappa shape index (κ1) is 17.3. The lowest BCUT2D eigenvalue weighted by atomic mass is 9.89. The van der Waals surface area contributed by atoms with Crippen LogP contribution in [0.15, 0.2) is 48.8 Å². The van der Waals surface area contributed by atoms with Gasteiger partial charge in [0.05, 0.1) is 5.52 Å². The summed E-state index contributed by atoms with van der Waals surface area (Å²) in [6.07, 6.45) is 3.18. The van der Waals surface area contributed by atoms with Crippen molar-refractivity contribution in [2.75, 3.05) is 18.0 Å². The van der Waals surface area contributed by atoms with Gasteiger partial charge in [-0.2, -0.15) is 0 Å². The highest BCUT2D eigenvalue weighted by Gasteiger charge is 2.27. The average Bonchev–Trinajstić information content (AvgIpc) is 2.67. The highest BCUT2D eigenvalue weighted by atomic mass is 35.5. The number of hydrogen-bond acceptors (Lipinski definition) is 4. The number of hydrogen-bond donors (Lipinski definition) is 0. The summed E-state index contributed by atoms with van der Waals surface area (Å²) in [6.45, 7) is 1.58. The number of nitrogens with zero attached hydrogens (tertiary/aromatic N) is 3. The van der Waals surface area contributed by atoms with Crippen LogP contribution in [-0.4, -0.2) is 28.8 Å². The highest BCUT2D eigenvalue weighted by molar-refractivity contribution is 6.31. The number of anilines is 1. The molecule has 132 valence electrons. The van der Waals surface area contributed by atoms with E-state index in [0.717, 1.165) is 48.2 Å². The zero-order valence-electron chi connectivity index (χ0n) is 14.0. The summed E-state index contributed by atoms with van der Waals surface area (Å²) in [6, 6.07) is 12.8. The predicted molar refractivity (Wildman–Crippen MR) is 105 cm³/mol. The molecule has 1 aromatic heterocycles. The zero-order chi connectivity index (χ0) is 18.1. The Bertz CT molecular complexity index is 951. The molecule has 0 unspecified atom stereocenters. The third kappa shape index (κ3) is 3.39. The monoisotopic (exact) mass is 385 g/mol. The van der Waals surface area contributed by atoms with E-state index >= 15 is 0 Å². The number of carbonyl (C=O) groups excluding carboxylic acids is 1. The van der Waals surface area contributed by atoms with Crippen LogP contribution >= 0.6 is 23.2 Å². The Hall–Kier alpha value is -2.17. The first-order valence-electron chi connectivity index (χ1n) is 8.57. The van der Waals surface area contributed by atoms with Crippen molar-refractivity contribution >= 4 is 45.7 Å². The molecule has 1 fully saturated rings. The summed E-state index contributed by atoms with van der Waals surface area (Å²) >= 11 is 12.0. The van der Waals surface area contributed by atoms with Gasteiger partial charge in [-0.05, 0) is 55.3 Å². The predicted octanol–water partition coefficient (Wildman–Crippen LogP) is 5.04. The van der Waals surface area contributed by atoms with Crippen molar-refractivity contribution in [1.82, 2.24) is 9.97 Å². The lowest BCUT2D eigenvalue weighted by molar-refractivity contribution is 0.0900. The molecule has 0 bridgehead atoms. The molecule has 0 radical (unpaired) electrons. The maximum Gasteiger partial charge on any atom is 0.166 e. The number of ketones is 1. The highest BCUT2D eigenvalue weighted by Crippen LogP contribution is 2.30. The largest absolute Gasteiger partial charge is 0.356 e. The lowest BCUT2D eigenvalue weighted by Crippen LogP contribution is -2.37. The summed E-state index contributed by atoms with van der Waals surface area (Å²) in [4.78, 5) is 23.7. The number of carbonyl (C=O) groups is 1. The van der Waals surface area contributed by atoms with Crippen LogP contribution < -0.4 is 4.90 Å². The third-order valence-electron chi connectivity index (χ3n) is 4.87. The van der Waals surface area contributed by atoms with Gasteiger partial charge in [0.2, 0.25) is 0 Å². The fourth-order valence-electron chi connectivity index (χ4n) is 3.47. The smallest absolute Gasteiger partial charge is 0.166 e. The van der Waals surface area contributed by atoms with Crippen molar-refractivity contribution in [3.8, 4) is 0 Å². The van der Waals surface area contributed by atoms with Gasteiger partial charge in [0, 0.05) is 40.0 Å². The van der Waals surface area contributed by atoms with Crippen LogP contribution in [0, 0.1) is 5.92 Å². The van der Waals surface area contributed by atoms with Crippen molar-refractivity contribution in [1.29, 1.82) is 0 Å². The van der Waals surface area contributed by atoms with E-state index in [1.807, 2.05) is 18.2 Å². The molecule has 0 saturated carbocycles. The van der Waals surface area contributed by atoms with E-state index in [-0.39, 0.29) is 11.7 Å². The number of benzene rings is 2. The van der Waals surface area contributed by atoms with E-state index in [4.69, 9.17) is 23.2 Å². The Morgan fingerprint density at radius 1 is 0.962 bits per heavy atom. The van der Waals surface area contributed by atoms with Crippen molar-refractivity contribution in [3.63, 3.8) is 0 Å². The number of aromatic nitrogens is 2. The summed E-state index contributed by atoms with van der Waals surface area (Å²) < 4.78 is 0. The van der Waals surface area contributed by atoms with Gasteiger partial charge in [0.25, 0.3) is 0 Å². The van der Waals surface area contributed by atoms with Crippen LogP contribution in [0.4, 0.5) is 5.82 Å². The second kappa shape index (κ2) is 7.22. The first-order chi connectivity index (χ1) is 12.6. The summed E-state index contributed by atoms with van der Waals surface area (Å²) in [5.74, 6) is 1.14. The Morgan fingerprint density at radius 3 is 2.38 bits per heavy atom. The SMILES string of the molecule is O=C(c1ccc(Cl)cc1)C1CCN(c2ncnc3cc(Cl)ccc23)CC1. The topological polar surface area (TPSA) is 46.1 Å². The standard InChI is InChI=1S/C20H17Cl2N3O/c21-15-3-1-13(2-4-15)19(26)14-7-9-25(10-8-14)20-17-6-5-16(22)11-18(17)23-12-24-20/h1-6,11-12,14H,7-10H2. The Labute approximate surface area is 161 Å². The first-order valence-corrected chi connectivity index (χ1v) is 9.32.